The molecule has 0 unspecified atom stereocenters. The van der Waals surface area contributed by atoms with E-state index in [1.54, 1.807) is 17.5 Å². The van der Waals surface area contributed by atoms with E-state index in [0.29, 0.717) is 0 Å². The van der Waals surface area contributed by atoms with Gasteiger partial charge in [0.2, 0.25) is 0 Å². The van der Waals surface area contributed by atoms with Gasteiger partial charge in [-0.3, -0.25) is 0 Å². The van der Waals surface area contributed by atoms with E-state index in [2.05, 4.69) is 115 Å². The van der Waals surface area contributed by atoms with Crippen LogP contribution in [-0.4, -0.2) is 9.97 Å². The number of benzene rings is 4. The molecule has 7 aromatic rings. The van der Waals surface area contributed by atoms with Crippen molar-refractivity contribution in [3.05, 3.63) is 156 Å². The summed E-state index contributed by atoms with van der Waals surface area (Å²) in [6, 6.07) is 46.0. The predicted molar refractivity (Wildman–Crippen MR) is 183 cm³/mol. The molecule has 0 amide bonds. The summed E-state index contributed by atoms with van der Waals surface area (Å²) in [5.74, 6) is -0.628. The molecule has 0 N–H and O–H groups in total. The molecule has 0 aliphatic carbocycles. The molecule has 0 aliphatic rings. The van der Waals surface area contributed by atoms with Gasteiger partial charge in [0.05, 0.1) is 0 Å². The standard InChI is InChI=1S/C20H16NS.C20H18N.Ir/c1-13(2)14-9-10-21-18(12-14)15-7-8-20-17(11-15)16-5-3-4-6-19(16)22-20;1-20(2,17-11-7-4-8-12-17)18-13-14-21-19(15-18)16-9-5-3-6-10-16;/h3-6,8-13H,1-2H3;3-9,11-15H,1-2H3;/q2*-1;/i13D;;. The Bertz CT molecular complexity index is 2030. The van der Waals surface area contributed by atoms with Gasteiger partial charge in [0.15, 0.2) is 0 Å². The Labute approximate surface area is 279 Å². The Morgan fingerprint density at radius 2 is 1.39 bits per heavy atom. The maximum atomic E-state index is 8.21. The maximum Gasteiger partial charge on any atom is 0.0346 e. The third-order valence-electron chi connectivity index (χ3n) is 7.89. The van der Waals surface area contributed by atoms with Gasteiger partial charge >= 0.3 is 0 Å². The van der Waals surface area contributed by atoms with Crippen LogP contribution in [-0.2, 0) is 25.5 Å². The first kappa shape index (κ1) is 30.1. The maximum absolute atomic E-state index is 8.21. The Hall–Kier alpha value is -3.95. The van der Waals surface area contributed by atoms with Crippen molar-refractivity contribution in [2.24, 2.45) is 0 Å². The minimum atomic E-state index is -0.628. The largest absolute Gasteiger partial charge is 0.305 e. The van der Waals surface area contributed by atoms with Gasteiger partial charge in [-0.25, -0.2) is 0 Å². The molecule has 0 saturated heterocycles. The zero-order valence-electron chi connectivity index (χ0n) is 26.3. The molecular formula is C40H34IrN2S-2. The fraction of sp³-hybridized carbons (Fsp3) is 0.150. The van der Waals surface area contributed by atoms with Crippen molar-refractivity contribution in [1.82, 2.24) is 9.97 Å². The summed E-state index contributed by atoms with van der Waals surface area (Å²) >= 11 is 1.79. The number of pyridine rings is 2. The van der Waals surface area contributed by atoms with Crippen LogP contribution in [0.2, 0.25) is 0 Å². The number of hydrogen-bond acceptors (Lipinski definition) is 3. The second-order valence-electron chi connectivity index (χ2n) is 11.3. The third-order valence-corrected chi connectivity index (χ3v) is 9.02. The topological polar surface area (TPSA) is 25.8 Å². The van der Waals surface area contributed by atoms with Crippen LogP contribution in [0.25, 0.3) is 42.7 Å². The van der Waals surface area contributed by atoms with Crippen LogP contribution in [0.4, 0.5) is 0 Å². The smallest absolute Gasteiger partial charge is 0.0346 e. The molecule has 3 heterocycles. The Morgan fingerprint density at radius 3 is 2.14 bits per heavy atom. The molecule has 0 aliphatic heterocycles. The number of aromatic nitrogens is 2. The second kappa shape index (κ2) is 13.8. The van der Waals surface area contributed by atoms with Crippen molar-refractivity contribution in [3.63, 3.8) is 0 Å². The molecule has 4 aromatic carbocycles. The number of thiophene rings is 1. The average molecular weight is 768 g/mol. The molecule has 0 saturated carbocycles. The normalized spacial score (nSPS) is 11.8. The fourth-order valence-corrected chi connectivity index (χ4v) is 6.32. The Kier molecular flexibility index (Phi) is 9.42. The Morgan fingerprint density at radius 1 is 0.682 bits per heavy atom. The van der Waals surface area contributed by atoms with Crippen molar-refractivity contribution >= 4 is 31.5 Å². The van der Waals surface area contributed by atoms with Gasteiger partial charge in [0.25, 0.3) is 0 Å². The predicted octanol–water partition coefficient (Wildman–Crippen LogP) is 10.9. The van der Waals surface area contributed by atoms with Gasteiger partial charge in [-0.2, -0.15) is 11.3 Å². The number of fused-ring (bicyclic) bond motifs is 3. The molecule has 221 valence electrons. The van der Waals surface area contributed by atoms with Crippen molar-refractivity contribution in [3.8, 4) is 22.5 Å². The summed E-state index contributed by atoms with van der Waals surface area (Å²) in [4.78, 5) is 8.97. The van der Waals surface area contributed by atoms with E-state index in [-0.39, 0.29) is 25.5 Å². The van der Waals surface area contributed by atoms with Crippen LogP contribution in [0, 0.1) is 12.1 Å². The van der Waals surface area contributed by atoms with Gasteiger partial charge in [0.1, 0.15) is 0 Å². The van der Waals surface area contributed by atoms with Crippen LogP contribution in [0.1, 0.15) is 51.7 Å². The van der Waals surface area contributed by atoms with Gasteiger partial charge < -0.3 is 9.97 Å². The SMILES string of the molecule is CC(C)(c1ccccc1)c1ccnc(-c2[c-]cccc2)c1.[2H]C(C)(C)c1ccnc(-c2[c-]cc3sc4ccccc4c3c2)c1.[Ir]. The molecular weight excluding hydrogens is 733 g/mol. The molecule has 7 rings (SSSR count). The van der Waals surface area contributed by atoms with E-state index in [4.69, 9.17) is 1.37 Å². The zero-order valence-corrected chi connectivity index (χ0v) is 28.5. The van der Waals surface area contributed by atoms with Crippen LogP contribution >= 0.6 is 11.3 Å². The summed E-state index contributed by atoms with van der Waals surface area (Å²) in [5.41, 5.74) is 7.34. The molecule has 0 atom stereocenters. The van der Waals surface area contributed by atoms with Crippen molar-refractivity contribution in [1.29, 1.82) is 0 Å². The fourth-order valence-electron chi connectivity index (χ4n) is 5.25. The zero-order chi connectivity index (χ0) is 30.7. The van der Waals surface area contributed by atoms with Gasteiger partial charge in [0, 0.05) is 44.0 Å². The van der Waals surface area contributed by atoms with Crippen molar-refractivity contribution in [2.45, 2.75) is 39.0 Å². The minimum absolute atomic E-state index is 0. The molecule has 3 aromatic heterocycles. The van der Waals surface area contributed by atoms with E-state index >= 15 is 0 Å². The van der Waals surface area contributed by atoms with Gasteiger partial charge in [-0.1, -0.05) is 99.3 Å². The van der Waals surface area contributed by atoms with Crippen LogP contribution in [0.3, 0.4) is 0 Å². The molecule has 2 nitrogen and oxygen atoms in total. The van der Waals surface area contributed by atoms with E-state index in [1.807, 2.05) is 56.4 Å². The van der Waals surface area contributed by atoms with E-state index in [1.165, 1.54) is 31.3 Å². The monoisotopic (exact) mass is 768 g/mol. The number of hydrogen-bond donors (Lipinski definition) is 0. The minimum Gasteiger partial charge on any atom is -0.305 e. The number of nitrogens with zero attached hydrogens (tertiary/aromatic N) is 2. The first-order chi connectivity index (χ1) is 21.2. The summed E-state index contributed by atoms with van der Waals surface area (Å²) in [7, 11) is 0. The summed E-state index contributed by atoms with van der Waals surface area (Å²) < 4.78 is 10.7. The van der Waals surface area contributed by atoms with E-state index in [9.17, 15) is 0 Å². The third kappa shape index (κ3) is 6.74. The summed E-state index contributed by atoms with van der Waals surface area (Å²) in [5, 5.41) is 2.52. The molecule has 1 radical (unpaired) electrons. The number of rotatable bonds is 5. The summed E-state index contributed by atoms with van der Waals surface area (Å²) in [6.07, 6.45) is 3.67. The van der Waals surface area contributed by atoms with Crippen LogP contribution < -0.4 is 0 Å². The molecule has 0 spiro atoms. The second-order valence-corrected chi connectivity index (χ2v) is 12.4. The molecule has 0 bridgehead atoms. The van der Waals surface area contributed by atoms with Crippen LogP contribution in [0.5, 0.6) is 0 Å². The molecule has 4 heteroatoms. The first-order valence-electron chi connectivity index (χ1n) is 15.0. The summed E-state index contributed by atoms with van der Waals surface area (Å²) in [6.45, 7) is 8.28. The average Bonchev–Trinajstić information content (AvgIpc) is 3.44. The van der Waals surface area contributed by atoms with Crippen molar-refractivity contribution < 1.29 is 21.5 Å². The molecule has 44 heavy (non-hydrogen) atoms. The van der Waals surface area contributed by atoms with E-state index in [0.717, 1.165) is 28.1 Å². The Balaban J connectivity index is 0.000000175. The molecule has 0 fully saturated rings. The van der Waals surface area contributed by atoms with Gasteiger partial charge in [-0.05, 0) is 56.7 Å². The quantitative estimate of drug-likeness (QED) is 0.163. The first-order valence-corrected chi connectivity index (χ1v) is 15.3. The van der Waals surface area contributed by atoms with Crippen molar-refractivity contribution in [2.75, 3.05) is 0 Å². The van der Waals surface area contributed by atoms with Crippen LogP contribution in [0.15, 0.2) is 128 Å². The van der Waals surface area contributed by atoms with Gasteiger partial charge in [-0.15, -0.1) is 59.7 Å². The van der Waals surface area contributed by atoms with E-state index < -0.39 is 5.89 Å².